The van der Waals surface area contributed by atoms with Gasteiger partial charge in [0, 0.05) is 29.4 Å². The molecule has 0 unspecified atom stereocenters. The zero-order chi connectivity index (χ0) is 22.9. The average molecular weight is 494 g/mol. The molecule has 1 N–H and O–H groups in total. The average Bonchev–Trinajstić information content (AvgIpc) is 3.44. The van der Waals surface area contributed by atoms with Crippen LogP contribution in [0.4, 0.5) is 0 Å². The molecule has 0 saturated heterocycles. The molecule has 2 aromatic carbocycles. The monoisotopic (exact) mass is 493 g/mol. The summed E-state index contributed by atoms with van der Waals surface area (Å²) < 4.78 is 8.03. The van der Waals surface area contributed by atoms with Gasteiger partial charge in [0.05, 0.1) is 11.4 Å². The highest BCUT2D eigenvalue weighted by Crippen LogP contribution is 2.33. The Morgan fingerprint density at radius 3 is 2.67 bits per heavy atom. The molecule has 0 bridgehead atoms. The molecule has 0 saturated carbocycles. The van der Waals surface area contributed by atoms with Crippen molar-refractivity contribution in [1.29, 1.82) is 0 Å². The minimum Gasteiger partial charge on any atom is -0.419 e. The Hall–Kier alpha value is -3.26. The quantitative estimate of drug-likeness (QED) is 0.310. The summed E-state index contributed by atoms with van der Waals surface area (Å²) >= 11 is 17.7. The van der Waals surface area contributed by atoms with Crippen LogP contribution in [0.5, 0.6) is 0 Å². The molecule has 0 fully saturated rings. The van der Waals surface area contributed by atoms with Gasteiger partial charge in [-0.1, -0.05) is 59.7 Å². The number of rotatable bonds is 5. The molecule has 164 valence electrons. The Bertz CT molecular complexity index is 1480. The number of halogens is 2. The molecule has 3 heterocycles. The van der Waals surface area contributed by atoms with Gasteiger partial charge in [-0.25, -0.2) is 4.98 Å². The van der Waals surface area contributed by atoms with Crippen molar-refractivity contribution in [3.63, 3.8) is 0 Å². The van der Waals surface area contributed by atoms with Gasteiger partial charge >= 0.3 is 0 Å². The van der Waals surface area contributed by atoms with Crippen LogP contribution in [-0.2, 0) is 6.42 Å². The van der Waals surface area contributed by atoms with E-state index in [4.69, 9.17) is 44.8 Å². The molecule has 0 spiro atoms. The number of thiocarbonyl (C=S) groups is 1. The van der Waals surface area contributed by atoms with E-state index >= 15 is 0 Å². The lowest BCUT2D eigenvalue weighted by Crippen LogP contribution is -2.17. The number of nitrogens with one attached hydrogen (secondary N) is 1. The minimum absolute atomic E-state index is 0.383. The molecule has 6 nitrogen and oxygen atoms in total. The van der Waals surface area contributed by atoms with Crippen molar-refractivity contribution in [3.05, 3.63) is 93.9 Å². The summed E-state index contributed by atoms with van der Waals surface area (Å²) in [5.74, 6) is 0.857. The smallest absolute Gasteiger partial charge is 0.267 e. The van der Waals surface area contributed by atoms with E-state index in [1.807, 2.05) is 71.3 Å². The largest absolute Gasteiger partial charge is 0.419 e. The van der Waals surface area contributed by atoms with Gasteiger partial charge in [0.15, 0.2) is 0 Å². The highest BCUT2D eigenvalue weighted by molar-refractivity contribution is 7.80. The lowest BCUT2D eigenvalue weighted by Gasteiger charge is -2.07. The van der Waals surface area contributed by atoms with Crippen LogP contribution in [0.2, 0.25) is 10.0 Å². The number of hydrogen-bond acceptors (Lipinski definition) is 5. The Morgan fingerprint density at radius 1 is 1.06 bits per heavy atom. The molecule has 3 aromatic heterocycles. The van der Waals surface area contributed by atoms with Crippen LogP contribution >= 0.6 is 35.4 Å². The molecule has 33 heavy (non-hydrogen) atoms. The van der Waals surface area contributed by atoms with Gasteiger partial charge in [0.2, 0.25) is 5.89 Å². The molecule has 5 rings (SSSR count). The Balaban J connectivity index is 1.54. The first-order valence-electron chi connectivity index (χ1n) is 10.1. The third kappa shape index (κ3) is 4.23. The summed E-state index contributed by atoms with van der Waals surface area (Å²) in [6.07, 6.45) is 2.36. The van der Waals surface area contributed by atoms with Gasteiger partial charge < -0.3 is 9.73 Å². The van der Waals surface area contributed by atoms with Gasteiger partial charge in [0.1, 0.15) is 22.0 Å². The third-order valence-corrected chi connectivity index (χ3v) is 6.18. The first-order valence-corrected chi connectivity index (χ1v) is 11.3. The third-order valence-electron chi connectivity index (χ3n) is 5.17. The Morgan fingerprint density at radius 2 is 1.88 bits per heavy atom. The van der Waals surface area contributed by atoms with Crippen molar-refractivity contribution in [1.82, 2.24) is 24.9 Å². The van der Waals surface area contributed by atoms with Crippen molar-refractivity contribution < 1.29 is 4.42 Å². The second kappa shape index (κ2) is 8.94. The predicted octanol–water partition coefficient (Wildman–Crippen LogP) is 5.84. The van der Waals surface area contributed by atoms with E-state index in [0.717, 1.165) is 33.7 Å². The van der Waals surface area contributed by atoms with E-state index in [1.165, 1.54) is 0 Å². The van der Waals surface area contributed by atoms with Crippen molar-refractivity contribution in [3.8, 4) is 22.8 Å². The van der Waals surface area contributed by atoms with Crippen LogP contribution in [0.3, 0.4) is 0 Å². The summed E-state index contributed by atoms with van der Waals surface area (Å²) in [5.41, 5.74) is 4.86. The van der Waals surface area contributed by atoms with Crippen molar-refractivity contribution in [2.75, 3.05) is 7.05 Å². The Labute approximate surface area is 205 Å². The summed E-state index contributed by atoms with van der Waals surface area (Å²) in [5, 5.41) is 12.8. The molecule has 0 aliphatic carbocycles. The molecule has 5 aromatic rings. The molecule has 0 amide bonds. The zero-order valence-electron chi connectivity index (χ0n) is 17.4. The normalized spacial score (nSPS) is 11.1. The lowest BCUT2D eigenvalue weighted by molar-refractivity contribution is 0.516. The maximum absolute atomic E-state index is 6.29. The van der Waals surface area contributed by atoms with Crippen LogP contribution in [-0.4, -0.2) is 31.6 Å². The maximum atomic E-state index is 6.29. The number of nitrogens with zero attached hydrogens (tertiary/aromatic N) is 4. The molecular formula is C24H17Cl2N5OS. The fraction of sp³-hybridized carbons (Fsp3) is 0.0833. The summed E-state index contributed by atoms with van der Waals surface area (Å²) in [7, 11) is 1.77. The second-order valence-electron chi connectivity index (χ2n) is 7.32. The van der Waals surface area contributed by atoms with Gasteiger partial charge in [-0.05, 0) is 42.0 Å². The van der Waals surface area contributed by atoms with Gasteiger partial charge in [-0.3, -0.25) is 4.40 Å². The van der Waals surface area contributed by atoms with E-state index < -0.39 is 0 Å². The molecule has 0 radical (unpaired) electrons. The van der Waals surface area contributed by atoms with Gasteiger partial charge in [-0.2, -0.15) is 0 Å². The van der Waals surface area contributed by atoms with E-state index in [2.05, 4.69) is 15.5 Å². The SMILES string of the molecule is CNC(=S)c1cc(Cc2nnc(-c3c(-c4ccc(Cl)cc4)nc4ccccn34)o2)ccc1Cl. The molecule has 0 atom stereocenters. The van der Waals surface area contributed by atoms with E-state index in [-0.39, 0.29) is 0 Å². The van der Waals surface area contributed by atoms with E-state index in [0.29, 0.717) is 33.2 Å². The van der Waals surface area contributed by atoms with Crippen LogP contribution in [0.1, 0.15) is 17.0 Å². The molecule has 9 heteroatoms. The summed E-state index contributed by atoms with van der Waals surface area (Å²) in [6.45, 7) is 0. The zero-order valence-corrected chi connectivity index (χ0v) is 19.7. The molecule has 0 aliphatic rings. The molecular weight excluding hydrogens is 477 g/mol. The van der Waals surface area contributed by atoms with Crippen molar-refractivity contribution in [2.24, 2.45) is 0 Å². The minimum atomic E-state index is 0.383. The second-order valence-corrected chi connectivity index (χ2v) is 8.57. The van der Waals surface area contributed by atoms with E-state index in [1.54, 1.807) is 7.05 Å². The van der Waals surface area contributed by atoms with Crippen molar-refractivity contribution >= 4 is 46.1 Å². The highest BCUT2D eigenvalue weighted by atomic mass is 35.5. The Kier molecular flexibility index (Phi) is 5.85. The first-order chi connectivity index (χ1) is 16.0. The van der Waals surface area contributed by atoms with Gasteiger partial charge in [0.25, 0.3) is 5.89 Å². The van der Waals surface area contributed by atoms with Crippen LogP contribution in [0.15, 0.2) is 71.3 Å². The highest BCUT2D eigenvalue weighted by Gasteiger charge is 2.21. The number of aromatic nitrogens is 4. The maximum Gasteiger partial charge on any atom is 0.267 e. The van der Waals surface area contributed by atoms with Gasteiger partial charge in [-0.15, -0.1) is 10.2 Å². The predicted molar refractivity (Wildman–Crippen MR) is 134 cm³/mol. The van der Waals surface area contributed by atoms with E-state index in [9.17, 15) is 0 Å². The van der Waals surface area contributed by atoms with Crippen LogP contribution < -0.4 is 5.32 Å². The number of pyridine rings is 1. The fourth-order valence-electron chi connectivity index (χ4n) is 3.60. The summed E-state index contributed by atoms with van der Waals surface area (Å²) in [4.78, 5) is 5.36. The number of imidazole rings is 1. The number of fused-ring (bicyclic) bond motifs is 1. The fourth-order valence-corrected chi connectivity index (χ4v) is 4.16. The standard InChI is InChI=1S/C24H17Cl2N5OS/c1-27-24(33)17-12-14(5-10-18(17)26)13-20-29-30-23(32-20)22-21(15-6-8-16(25)9-7-15)28-19-4-2-3-11-31(19)22/h2-12H,13H2,1H3,(H,27,33). The van der Waals surface area contributed by atoms with Crippen molar-refractivity contribution in [2.45, 2.75) is 6.42 Å². The first kappa shape index (κ1) is 21.6. The summed E-state index contributed by atoms with van der Waals surface area (Å²) in [6, 6.07) is 19.0. The number of benzene rings is 2. The topological polar surface area (TPSA) is 68.2 Å². The lowest BCUT2D eigenvalue weighted by atomic mass is 10.1. The number of hydrogen-bond donors (Lipinski definition) is 1. The van der Waals surface area contributed by atoms with Crippen LogP contribution in [0.25, 0.3) is 28.5 Å². The van der Waals surface area contributed by atoms with Crippen LogP contribution in [0, 0.1) is 0 Å². The molecule has 0 aliphatic heterocycles.